The second kappa shape index (κ2) is 10.6. The van der Waals surface area contributed by atoms with E-state index in [0.29, 0.717) is 18.7 Å². The van der Waals surface area contributed by atoms with Crippen molar-refractivity contribution in [2.75, 3.05) is 26.2 Å². The molecule has 2 rings (SSSR count). The normalized spacial score (nSPS) is 12.2. The standard InChI is InChI=1S/C21H28N2O5/c1-3-22-19(25)13-23(4-2)20(26)14-28-21(27)11-10-18(24)17-9-8-15-6-5-7-16(15)12-17/h8-9,12H,3-7,10-11,13-14H2,1-2H3,(H,22,25). The Kier molecular flexibility index (Phi) is 8.17. The van der Waals surface area contributed by atoms with Crippen molar-refractivity contribution < 1.29 is 23.9 Å². The summed E-state index contributed by atoms with van der Waals surface area (Å²) in [6, 6.07) is 5.71. The summed E-state index contributed by atoms with van der Waals surface area (Å²) in [7, 11) is 0. The number of amides is 2. The molecule has 1 aliphatic rings. The molecule has 0 aromatic heterocycles. The van der Waals surface area contributed by atoms with Gasteiger partial charge in [0.1, 0.15) is 0 Å². The van der Waals surface area contributed by atoms with Gasteiger partial charge >= 0.3 is 5.97 Å². The zero-order valence-electron chi connectivity index (χ0n) is 16.6. The first-order chi connectivity index (χ1) is 13.4. The molecular weight excluding hydrogens is 360 g/mol. The molecule has 0 radical (unpaired) electrons. The van der Waals surface area contributed by atoms with Crippen molar-refractivity contribution in [2.24, 2.45) is 0 Å². The number of fused-ring (bicyclic) bond motifs is 1. The van der Waals surface area contributed by atoms with E-state index in [4.69, 9.17) is 4.74 Å². The highest BCUT2D eigenvalue weighted by Gasteiger charge is 2.18. The van der Waals surface area contributed by atoms with Gasteiger partial charge in [-0.1, -0.05) is 12.1 Å². The van der Waals surface area contributed by atoms with E-state index >= 15 is 0 Å². The van der Waals surface area contributed by atoms with Gasteiger partial charge in [-0.05, 0) is 50.3 Å². The van der Waals surface area contributed by atoms with E-state index in [9.17, 15) is 19.2 Å². The molecular formula is C21H28N2O5. The van der Waals surface area contributed by atoms with Gasteiger partial charge in [0.05, 0.1) is 13.0 Å². The lowest BCUT2D eigenvalue weighted by molar-refractivity contribution is -0.152. The predicted octanol–water partition coefficient (Wildman–Crippen LogP) is 1.67. The highest BCUT2D eigenvalue weighted by atomic mass is 16.5. The maximum atomic E-state index is 12.3. The third-order valence-corrected chi connectivity index (χ3v) is 4.78. The first-order valence-corrected chi connectivity index (χ1v) is 9.79. The number of hydrogen-bond acceptors (Lipinski definition) is 5. The van der Waals surface area contributed by atoms with Crippen molar-refractivity contribution >= 4 is 23.6 Å². The lowest BCUT2D eigenvalue weighted by atomic mass is 10.0. The number of nitrogens with zero attached hydrogens (tertiary/aromatic N) is 1. The molecule has 28 heavy (non-hydrogen) atoms. The van der Waals surface area contributed by atoms with Gasteiger partial charge in [0, 0.05) is 25.1 Å². The highest BCUT2D eigenvalue weighted by Crippen LogP contribution is 2.23. The van der Waals surface area contributed by atoms with E-state index in [1.165, 1.54) is 16.0 Å². The Morgan fingerprint density at radius 1 is 1.07 bits per heavy atom. The Bertz CT molecular complexity index is 744. The third kappa shape index (κ3) is 6.18. The summed E-state index contributed by atoms with van der Waals surface area (Å²) < 4.78 is 4.97. The molecule has 0 fully saturated rings. The number of carbonyl (C=O) groups is 4. The van der Waals surface area contributed by atoms with Crippen LogP contribution in [0.2, 0.25) is 0 Å². The number of aryl methyl sites for hydroxylation is 2. The van der Waals surface area contributed by atoms with Crippen molar-refractivity contribution in [3.8, 4) is 0 Å². The molecule has 1 N–H and O–H groups in total. The second-order valence-corrected chi connectivity index (χ2v) is 6.78. The van der Waals surface area contributed by atoms with Crippen LogP contribution in [0.25, 0.3) is 0 Å². The Labute approximate surface area is 165 Å². The van der Waals surface area contributed by atoms with Crippen LogP contribution in [0.3, 0.4) is 0 Å². The maximum Gasteiger partial charge on any atom is 0.306 e. The van der Waals surface area contributed by atoms with E-state index in [2.05, 4.69) is 5.32 Å². The Morgan fingerprint density at radius 3 is 2.54 bits per heavy atom. The summed E-state index contributed by atoms with van der Waals surface area (Å²) in [4.78, 5) is 49.2. The van der Waals surface area contributed by atoms with Gasteiger partial charge in [0.25, 0.3) is 5.91 Å². The summed E-state index contributed by atoms with van der Waals surface area (Å²) >= 11 is 0. The number of carbonyl (C=O) groups excluding carboxylic acids is 4. The lowest BCUT2D eigenvalue weighted by Crippen LogP contribution is -2.42. The number of benzene rings is 1. The summed E-state index contributed by atoms with van der Waals surface area (Å²) in [5, 5.41) is 2.62. The summed E-state index contributed by atoms with van der Waals surface area (Å²) in [6.45, 7) is 3.86. The number of ether oxygens (including phenoxy) is 1. The molecule has 0 unspecified atom stereocenters. The fourth-order valence-corrected chi connectivity index (χ4v) is 3.21. The molecule has 0 atom stereocenters. The van der Waals surface area contributed by atoms with Gasteiger partial charge in [-0.2, -0.15) is 0 Å². The van der Waals surface area contributed by atoms with Crippen LogP contribution >= 0.6 is 0 Å². The highest BCUT2D eigenvalue weighted by molar-refractivity contribution is 5.98. The lowest BCUT2D eigenvalue weighted by Gasteiger charge is -2.20. The summed E-state index contributed by atoms with van der Waals surface area (Å²) in [6.07, 6.45) is 3.12. The van der Waals surface area contributed by atoms with Gasteiger partial charge in [0.2, 0.25) is 5.91 Å². The number of ketones is 1. The molecule has 152 valence electrons. The van der Waals surface area contributed by atoms with Crippen LogP contribution in [-0.4, -0.2) is 54.7 Å². The van der Waals surface area contributed by atoms with Gasteiger partial charge in [-0.25, -0.2) is 0 Å². The topological polar surface area (TPSA) is 92.8 Å². The molecule has 0 aliphatic heterocycles. The van der Waals surface area contributed by atoms with E-state index < -0.39 is 18.5 Å². The van der Waals surface area contributed by atoms with Gasteiger partial charge in [-0.15, -0.1) is 0 Å². The number of nitrogens with one attached hydrogen (secondary N) is 1. The van der Waals surface area contributed by atoms with Gasteiger partial charge < -0.3 is 15.0 Å². The number of rotatable bonds is 10. The largest absolute Gasteiger partial charge is 0.456 e. The van der Waals surface area contributed by atoms with Crippen LogP contribution in [0.15, 0.2) is 18.2 Å². The summed E-state index contributed by atoms with van der Waals surface area (Å²) in [5.41, 5.74) is 3.12. The number of likely N-dealkylation sites (N-methyl/N-ethyl adjacent to an activating group) is 2. The Balaban J connectivity index is 1.75. The molecule has 0 saturated heterocycles. The predicted molar refractivity (Wildman–Crippen MR) is 104 cm³/mol. The average Bonchev–Trinajstić information content (AvgIpc) is 3.16. The Morgan fingerprint density at radius 2 is 1.82 bits per heavy atom. The van der Waals surface area contributed by atoms with E-state index in [-0.39, 0.29) is 31.1 Å². The zero-order chi connectivity index (χ0) is 20.5. The minimum absolute atomic E-state index is 0.0439. The molecule has 1 aromatic carbocycles. The minimum Gasteiger partial charge on any atom is -0.456 e. The molecule has 7 heteroatoms. The van der Waals surface area contributed by atoms with Crippen molar-refractivity contribution in [3.63, 3.8) is 0 Å². The van der Waals surface area contributed by atoms with Crippen LogP contribution in [0.5, 0.6) is 0 Å². The number of hydrogen-bond donors (Lipinski definition) is 1. The fourth-order valence-electron chi connectivity index (χ4n) is 3.21. The van der Waals surface area contributed by atoms with E-state index in [1.807, 2.05) is 18.2 Å². The molecule has 1 aromatic rings. The third-order valence-electron chi connectivity index (χ3n) is 4.78. The number of esters is 1. The number of Topliss-reactive ketones (excluding diaryl/α,β-unsaturated/α-hetero) is 1. The zero-order valence-corrected chi connectivity index (χ0v) is 16.6. The SMILES string of the molecule is CCNC(=O)CN(CC)C(=O)COC(=O)CCC(=O)c1ccc2c(c1)CCC2. The van der Waals surface area contributed by atoms with Crippen LogP contribution < -0.4 is 5.32 Å². The first-order valence-electron chi connectivity index (χ1n) is 9.79. The second-order valence-electron chi connectivity index (χ2n) is 6.78. The molecule has 0 spiro atoms. The van der Waals surface area contributed by atoms with Crippen LogP contribution in [0.4, 0.5) is 0 Å². The van der Waals surface area contributed by atoms with Gasteiger partial charge in [0.15, 0.2) is 12.4 Å². The smallest absolute Gasteiger partial charge is 0.306 e. The molecule has 7 nitrogen and oxygen atoms in total. The molecule has 0 bridgehead atoms. The van der Waals surface area contributed by atoms with Crippen LogP contribution in [0.1, 0.15) is 54.6 Å². The van der Waals surface area contributed by atoms with E-state index in [1.54, 1.807) is 13.8 Å². The fraction of sp³-hybridized carbons (Fsp3) is 0.524. The average molecular weight is 388 g/mol. The van der Waals surface area contributed by atoms with Crippen molar-refractivity contribution in [1.82, 2.24) is 10.2 Å². The van der Waals surface area contributed by atoms with Gasteiger partial charge in [-0.3, -0.25) is 19.2 Å². The monoisotopic (exact) mass is 388 g/mol. The molecule has 0 saturated carbocycles. The van der Waals surface area contributed by atoms with Crippen molar-refractivity contribution in [2.45, 2.75) is 46.0 Å². The Hall–Kier alpha value is -2.70. The van der Waals surface area contributed by atoms with Crippen molar-refractivity contribution in [1.29, 1.82) is 0 Å². The minimum atomic E-state index is -0.600. The van der Waals surface area contributed by atoms with Crippen molar-refractivity contribution in [3.05, 3.63) is 34.9 Å². The van der Waals surface area contributed by atoms with Crippen LogP contribution in [-0.2, 0) is 32.0 Å². The molecule has 2 amide bonds. The summed E-state index contributed by atoms with van der Waals surface area (Å²) in [5.74, 6) is -1.41. The maximum absolute atomic E-state index is 12.3. The first kappa shape index (κ1) is 21.6. The van der Waals surface area contributed by atoms with E-state index in [0.717, 1.165) is 19.3 Å². The molecule has 1 aliphatic carbocycles. The van der Waals surface area contributed by atoms with Crippen LogP contribution in [0, 0.1) is 0 Å². The molecule has 0 heterocycles. The quantitative estimate of drug-likeness (QED) is 0.486.